The van der Waals surface area contributed by atoms with Crippen LogP contribution in [0.3, 0.4) is 0 Å². The third kappa shape index (κ3) is 2.64. The van der Waals surface area contributed by atoms with E-state index in [1.807, 2.05) is 24.3 Å². The van der Waals surface area contributed by atoms with Gasteiger partial charge in [-0.1, -0.05) is 31.4 Å². The van der Waals surface area contributed by atoms with Crippen LogP contribution < -0.4 is 5.32 Å². The molecule has 1 heterocycles. The number of imidazole rings is 1. The van der Waals surface area contributed by atoms with Gasteiger partial charge in [0.2, 0.25) is 17.9 Å². The van der Waals surface area contributed by atoms with Gasteiger partial charge in [-0.15, -0.1) is 0 Å². The number of nitrogens with zero attached hydrogens (tertiary/aromatic N) is 3. The highest BCUT2D eigenvalue weighted by Crippen LogP contribution is 2.37. The Morgan fingerprint density at radius 1 is 1.25 bits per heavy atom. The number of benzene rings is 1. The summed E-state index contributed by atoms with van der Waals surface area (Å²) in [6.45, 7) is 0. The fraction of sp³-hybridized carbons (Fsp3) is 0.529. The molecule has 1 aromatic heterocycles. The molecular weight excluding hydrogens is 308 g/mol. The number of nitro groups is 1. The lowest BCUT2D eigenvalue weighted by molar-refractivity contribution is -0.497. The number of carbonyl (C=O) groups is 1. The summed E-state index contributed by atoms with van der Waals surface area (Å²) >= 11 is 0. The number of hydrogen-bond acceptors (Lipinski definition) is 4. The molecule has 2 saturated carbocycles. The first-order valence-corrected chi connectivity index (χ1v) is 8.56. The van der Waals surface area contributed by atoms with Crippen LogP contribution in [-0.4, -0.2) is 26.4 Å². The molecule has 7 nitrogen and oxygen atoms in total. The van der Waals surface area contributed by atoms with E-state index < -0.39 is 12.0 Å². The monoisotopic (exact) mass is 328 g/mol. The Bertz CT molecular complexity index is 794. The first-order chi connectivity index (χ1) is 11.6. The molecule has 0 unspecified atom stereocenters. The fourth-order valence-corrected chi connectivity index (χ4v) is 3.74. The predicted octanol–water partition coefficient (Wildman–Crippen LogP) is 3.15. The average molecular weight is 328 g/mol. The standard InChI is InChI=1S/C17H20N4O3/c22-16(12-10-15(12)21(23)24)19-17-18-13-8-4-5-9-14(13)20(17)11-6-2-1-3-7-11/h4-5,8-9,11-12,15H,1-3,6-7,10H2,(H,18,19,22)/t12-,15+/m0/s1. The molecule has 126 valence electrons. The van der Waals surface area contributed by atoms with E-state index in [0.717, 1.165) is 23.9 Å². The zero-order valence-electron chi connectivity index (χ0n) is 13.4. The minimum Gasteiger partial charge on any atom is -0.307 e. The smallest absolute Gasteiger partial charge is 0.237 e. The summed E-state index contributed by atoms with van der Waals surface area (Å²) < 4.78 is 2.12. The Morgan fingerprint density at radius 3 is 2.71 bits per heavy atom. The zero-order valence-corrected chi connectivity index (χ0v) is 13.4. The molecule has 2 atom stereocenters. The van der Waals surface area contributed by atoms with Gasteiger partial charge in [0.1, 0.15) is 5.92 Å². The molecule has 0 radical (unpaired) electrons. The van der Waals surface area contributed by atoms with Gasteiger partial charge in [0, 0.05) is 17.4 Å². The van der Waals surface area contributed by atoms with Crippen LogP contribution in [0.5, 0.6) is 0 Å². The van der Waals surface area contributed by atoms with Crippen molar-refractivity contribution in [2.75, 3.05) is 5.32 Å². The minimum atomic E-state index is -0.738. The lowest BCUT2D eigenvalue weighted by Gasteiger charge is -2.25. The van der Waals surface area contributed by atoms with Crippen LogP contribution in [0.1, 0.15) is 44.6 Å². The summed E-state index contributed by atoms with van der Waals surface area (Å²) in [6.07, 6.45) is 6.07. The van der Waals surface area contributed by atoms with Crippen molar-refractivity contribution < 1.29 is 9.72 Å². The van der Waals surface area contributed by atoms with E-state index in [4.69, 9.17) is 0 Å². The maximum absolute atomic E-state index is 12.3. The largest absolute Gasteiger partial charge is 0.307 e. The second-order valence-electron chi connectivity index (χ2n) is 6.77. The second kappa shape index (κ2) is 5.89. The molecule has 0 aliphatic heterocycles. The number of anilines is 1. The molecule has 1 aromatic carbocycles. The number of hydrogen-bond donors (Lipinski definition) is 1. The average Bonchev–Trinajstić information content (AvgIpc) is 3.32. The predicted molar refractivity (Wildman–Crippen MR) is 89.4 cm³/mol. The van der Waals surface area contributed by atoms with Crippen LogP contribution in [0.15, 0.2) is 24.3 Å². The summed E-state index contributed by atoms with van der Waals surface area (Å²) in [5.74, 6) is -0.286. The second-order valence-corrected chi connectivity index (χ2v) is 6.77. The molecule has 4 rings (SSSR count). The van der Waals surface area contributed by atoms with Crippen LogP contribution in [0.4, 0.5) is 5.95 Å². The summed E-state index contributed by atoms with van der Waals surface area (Å²) in [5, 5.41) is 13.6. The van der Waals surface area contributed by atoms with Gasteiger partial charge in [-0.05, 0) is 25.0 Å². The number of nitrogens with one attached hydrogen (secondary N) is 1. The third-order valence-corrected chi connectivity index (χ3v) is 5.13. The van der Waals surface area contributed by atoms with Crippen molar-refractivity contribution in [1.29, 1.82) is 0 Å². The van der Waals surface area contributed by atoms with Gasteiger partial charge in [0.25, 0.3) is 0 Å². The Balaban J connectivity index is 1.64. The molecular formula is C17H20N4O3. The zero-order chi connectivity index (χ0) is 16.7. The van der Waals surface area contributed by atoms with Crippen LogP contribution in [0, 0.1) is 16.0 Å². The lowest BCUT2D eigenvalue weighted by atomic mass is 9.95. The van der Waals surface area contributed by atoms with Gasteiger partial charge in [-0.3, -0.25) is 20.2 Å². The maximum atomic E-state index is 12.3. The van der Waals surface area contributed by atoms with E-state index in [2.05, 4.69) is 14.9 Å². The Morgan fingerprint density at radius 2 is 2.00 bits per heavy atom. The molecule has 0 spiro atoms. The van der Waals surface area contributed by atoms with Crippen molar-refractivity contribution in [1.82, 2.24) is 9.55 Å². The highest BCUT2D eigenvalue weighted by molar-refractivity contribution is 5.95. The summed E-state index contributed by atoms with van der Waals surface area (Å²) in [4.78, 5) is 27.3. The van der Waals surface area contributed by atoms with Crippen molar-refractivity contribution in [2.45, 2.75) is 50.6 Å². The quantitative estimate of drug-likeness (QED) is 0.689. The molecule has 0 saturated heterocycles. The summed E-state index contributed by atoms with van der Waals surface area (Å²) in [5.41, 5.74) is 1.86. The van der Waals surface area contributed by atoms with Crippen molar-refractivity contribution >= 4 is 22.9 Å². The molecule has 2 aliphatic rings. The first kappa shape index (κ1) is 15.1. The fourth-order valence-electron chi connectivity index (χ4n) is 3.74. The van der Waals surface area contributed by atoms with Crippen molar-refractivity contribution in [3.8, 4) is 0 Å². The Kier molecular flexibility index (Phi) is 3.70. The van der Waals surface area contributed by atoms with E-state index in [0.29, 0.717) is 18.4 Å². The summed E-state index contributed by atoms with van der Waals surface area (Å²) in [7, 11) is 0. The van der Waals surface area contributed by atoms with Crippen molar-refractivity contribution in [3.63, 3.8) is 0 Å². The van der Waals surface area contributed by atoms with Gasteiger partial charge in [-0.2, -0.15) is 0 Å². The molecule has 1 amide bonds. The topological polar surface area (TPSA) is 90.1 Å². The van der Waals surface area contributed by atoms with E-state index in [1.54, 1.807) is 0 Å². The molecule has 1 N–H and O–H groups in total. The van der Waals surface area contributed by atoms with Crippen molar-refractivity contribution in [3.05, 3.63) is 34.4 Å². The molecule has 0 bridgehead atoms. The van der Waals surface area contributed by atoms with Gasteiger partial charge in [0.05, 0.1) is 11.0 Å². The molecule has 2 aliphatic carbocycles. The van der Waals surface area contributed by atoms with E-state index in [-0.39, 0.29) is 10.8 Å². The Hall–Kier alpha value is -2.44. The van der Waals surface area contributed by atoms with Gasteiger partial charge in [0.15, 0.2) is 0 Å². The SMILES string of the molecule is O=C(Nc1nc2ccccc2n1C1CCCCC1)[C@H]1C[C@H]1[N+](=O)[O-]. The van der Waals surface area contributed by atoms with Gasteiger partial charge >= 0.3 is 0 Å². The number of carbonyl (C=O) groups excluding carboxylic acids is 1. The normalized spacial score (nSPS) is 24.0. The third-order valence-electron chi connectivity index (χ3n) is 5.13. The van der Waals surface area contributed by atoms with Gasteiger partial charge in [-0.25, -0.2) is 4.98 Å². The van der Waals surface area contributed by atoms with Crippen LogP contribution >= 0.6 is 0 Å². The number of para-hydroxylation sites is 2. The molecule has 2 fully saturated rings. The lowest BCUT2D eigenvalue weighted by Crippen LogP contribution is -2.23. The van der Waals surface area contributed by atoms with Crippen molar-refractivity contribution in [2.24, 2.45) is 5.92 Å². The Labute approximate surface area is 139 Å². The molecule has 2 aromatic rings. The summed E-state index contributed by atoms with van der Waals surface area (Å²) in [6, 6.07) is 7.43. The number of fused-ring (bicyclic) bond motifs is 1. The number of aromatic nitrogens is 2. The van der Waals surface area contributed by atoms with Crippen LogP contribution in [-0.2, 0) is 4.79 Å². The van der Waals surface area contributed by atoms with E-state index in [1.165, 1.54) is 19.3 Å². The minimum absolute atomic E-state index is 0.288. The number of rotatable bonds is 4. The van der Waals surface area contributed by atoms with Crippen LogP contribution in [0.25, 0.3) is 11.0 Å². The molecule has 24 heavy (non-hydrogen) atoms. The highest BCUT2D eigenvalue weighted by atomic mass is 16.6. The van der Waals surface area contributed by atoms with E-state index in [9.17, 15) is 14.9 Å². The van der Waals surface area contributed by atoms with E-state index >= 15 is 0 Å². The maximum Gasteiger partial charge on any atom is 0.237 e. The first-order valence-electron chi connectivity index (χ1n) is 8.56. The number of amides is 1. The molecule has 7 heteroatoms. The van der Waals surface area contributed by atoms with Crippen LogP contribution in [0.2, 0.25) is 0 Å². The highest BCUT2D eigenvalue weighted by Gasteiger charge is 2.53. The van der Waals surface area contributed by atoms with Gasteiger partial charge < -0.3 is 4.57 Å².